The lowest BCUT2D eigenvalue weighted by molar-refractivity contribution is 0.307. The van der Waals surface area contributed by atoms with E-state index in [1.165, 1.54) is 32.1 Å². The van der Waals surface area contributed by atoms with Crippen LogP contribution in [0.4, 0.5) is 4.39 Å². The molecule has 0 saturated heterocycles. The van der Waals surface area contributed by atoms with Crippen LogP contribution in [0.15, 0.2) is 0 Å². The highest BCUT2D eigenvalue weighted by molar-refractivity contribution is 7.93. The van der Waals surface area contributed by atoms with E-state index in [9.17, 15) is 4.39 Å². The molecular formula is C10H20FNOS. The fourth-order valence-electron chi connectivity index (χ4n) is 1.98. The molecule has 0 aromatic heterocycles. The van der Waals surface area contributed by atoms with Crippen molar-refractivity contribution in [3.8, 4) is 0 Å². The Morgan fingerprint density at radius 1 is 1.36 bits per heavy atom. The molecule has 0 heterocycles. The van der Waals surface area contributed by atoms with Crippen LogP contribution >= 0.6 is 12.0 Å². The first-order valence-electron chi connectivity index (χ1n) is 5.44. The summed E-state index contributed by atoms with van der Waals surface area (Å²) in [6, 6.07) is 0. The fraction of sp³-hybridized carbons (Fsp3) is 1.00. The van der Waals surface area contributed by atoms with Gasteiger partial charge in [0.1, 0.15) is 6.17 Å². The summed E-state index contributed by atoms with van der Waals surface area (Å²) in [5.74, 6) is 0.926. The largest absolute Gasteiger partial charge is 0.330 e. The van der Waals surface area contributed by atoms with Crippen LogP contribution in [0.2, 0.25) is 0 Å². The molecule has 1 rings (SSSR count). The number of hydrogen-bond acceptors (Lipinski definition) is 3. The average molecular weight is 221 g/mol. The molecule has 0 amide bonds. The van der Waals surface area contributed by atoms with E-state index in [1.54, 1.807) is 0 Å². The molecule has 1 unspecified atom stereocenters. The average Bonchev–Trinajstić information content (AvgIpc) is 2.20. The zero-order chi connectivity index (χ0) is 10.2. The minimum Gasteiger partial charge on any atom is -0.330 e. The summed E-state index contributed by atoms with van der Waals surface area (Å²) in [4.78, 5) is 0. The summed E-state index contributed by atoms with van der Waals surface area (Å²) in [5.41, 5.74) is 0. The minimum absolute atomic E-state index is 0.178. The Morgan fingerprint density at radius 3 is 2.71 bits per heavy atom. The molecular weight excluding hydrogens is 201 g/mol. The van der Waals surface area contributed by atoms with Gasteiger partial charge in [0.2, 0.25) is 0 Å². The first-order valence-corrected chi connectivity index (χ1v) is 6.38. The number of halogens is 1. The second kappa shape index (κ2) is 7.49. The number of alkyl halides is 1. The number of nitrogens with one attached hydrogen (secondary N) is 1. The van der Waals surface area contributed by atoms with Crippen LogP contribution in [-0.4, -0.2) is 29.6 Å². The van der Waals surface area contributed by atoms with Crippen LogP contribution in [0.5, 0.6) is 0 Å². The topological polar surface area (TPSA) is 32.3 Å². The highest BCUT2D eigenvalue weighted by Crippen LogP contribution is 2.22. The zero-order valence-corrected chi connectivity index (χ0v) is 9.36. The molecule has 0 bridgehead atoms. The quantitative estimate of drug-likeness (QED) is 0.676. The Balaban J connectivity index is 1.96. The van der Waals surface area contributed by atoms with Crippen molar-refractivity contribution in [3.05, 3.63) is 0 Å². The van der Waals surface area contributed by atoms with Crippen LogP contribution in [0.25, 0.3) is 0 Å². The van der Waals surface area contributed by atoms with Gasteiger partial charge in [-0.2, -0.15) is 0 Å². The van der Waals surface area contributed by atoms with Crippen molar-refractivity contribution in [2.45, 2.75) is 38.3 Å². The fourth-order valence-corrected chi connectivity index (χ4v) is 2.25. The van der Waals surface area contributed by atoms with Gasteiger partial charge < -0.3 is 9.87 Å². The maximum atomic E-state index is 12.9. The smallest absolute Gasteiger partial charge is 0.124 e. The highest BCUT2D eigenvalue weighted by Gasteiger charge is 2.13. The van der Waals surface area contributed by atoms with Crippen LogP contribution in [0, 0.1) is 5.92 Å². The van der Waals surface area contributed by atoms with E-state index >= 15 is 0 Å². The first kappa shape index (κ1) is 12.3. The van der Waals surface area contributed by atoms with E-state index in [2.05, 4.69) is 5.32 Å². The SMILES string of the molecule is OSCC(F)CNCC1CCCCC1. The lowest BCUT2D eigenvalue weighted by atomic mass is 9.89. The van der Waals surface area contributed by atoms with Crippen molar-refractivity contribution < 1.29 is 8.94 Å². The third-order valence-corrected chi connectivity index (χ3v) is 3.29. The second-order valence-corrected chi connectivity index (χ2v) is 4.65. The van der Waals surface area contributed by atoms with Crippen LogP contribution in [0.1, 0.15) is 32.1 Å². The van der Waals surface area contributed by atoms with Crippen molar-refractivity contribution in [1.29, 1.82) is 0 Å². The Morgan fingerprint density at radius 2 is 2.07 bits per heavy atom. The Hall–Kier alpha value is 0.200. The van der Waals surface area contributed by atoms with Gasteiger partial charge >= 0.3 is 0 Å². The Kier molecular flexibility index (Phi) is 6.56. The monoisotopic (exact) mass is 221 g/mol. The van der Waals surface area contributed by atoms with Gasteiger partial charge in [-0.3, -0.25) is 0 Å². The highest BCUT2D eigenvalue weighted by atomic mass is 32.2. The molecule has 14 heavy (non-hydrogen) atoms. The van der Waals surface area contributed by atoms with Crippen LogP contribution < -0.4 is 5.32 Å². The molecule has 0 aromatic rings. The summed E-state index contributed by atoms with van der Waals surface area (Å²) in [5, 5.41) is 3.14. The van der Waals surface area contributed by atoms with Gasteiger partial charge in [0.05, 0.1) is 5.75 Å². The van der Waals surface area contributed by atoms with E-state index in [0.29, 0.717) is 18.6 Å². The maximum Gasteiger partial charge on any atom is 0.124 e. The van der Waals surface area contributed by atoms with Gasteiger partial charge in [-0.15, -0.1) is 0 Å². The third kappa shape index (κ3) is 5.17. The number of hydrogen-bond donors (Lipinski definition) is 2. The molecule has 84 valence electrons. The molecule has 0 aromatic carbocycles. The molecule has 1 atom stereocenters. The lowest BCUT2D eigenvalue weighted by Gasteiger charge is -2.22. The summed E-state index contributed by atoms with van der Waals surface area (Å²) in [6.07, 6.45) is 5.69. The van der Waals surface area contributed by atoms with Crippen molar-refractivity contribution in [2.75, 3.05) is 18.8 Å². The van der Waals surface area contributed by atoms with Crippen molar-refractivity contribution in [3.63, 3.8) is 0 Å². The predicted octanol–water partition coefficient (Wildman–Crippen LogP) is 2.70. The third-order valence-electron chi connectivity index (χ3n) is 2.78. The molecule has 0 aliphatic heterocycles. The summed E-state index contributed by atoms with van der Waals surface area (Å²) < 4.78 is 21.3. The Labute approximate surface area is 89.9 Å². The van der Waals surface area contributed by atoms with Crippen LogP contribution in [0.3, 0.4) is 0 Å². The van der Waals surface area contributed by atoms with Crippen molar-refractivity contribution in [2.24, 2.45) is 5.92 Å². The summed E-state index contributed by atoms with van der Waals surface area (Å²) in [6.45, 7) is 1.32. The molecule has 1 fully saturated rings. The first-order chi connectivity index (χ1) is 6.83. The lowest BCUT2D eigenvalue weighted by Crippen LogP contribution is -2.30. The van der Waals surface area contributed by atoms with Gasteiger partial charge in [0.25, 0.3) is 0 Å². The Bertz CT molecular complexity index is 142. The van der Waals surface area contributed by atoms with E-state index in [0.717, 1.165) is 12.5 Å². The standard InChI is InChI=1S/C10H20FNOS/c11-10(8-14-13)7-12-6-9-4-2-1-3-5-9/h9-10,12-13H,1-8H2. The van der Waals surface area contributed by atoms with Gasteiger partial charge in [-0.05, 0) is 37.3 Å². The molecule has 4 heteroatoms. The maximum absolute atomic E-state index is 12.9. The van der Waals surface area contributed by atoms with Crippen molar-refractivity contribution >= 4 is 12.0 Å². The zero-order valence-electron chi connectivity index (χ0n) is 8.54. The molecule has 2 nitrogen and oxygen atoms in total. The van der Waals surface area contributed by atoms with Gasteiger partial charge in [0, 0.05) is 6.54 Å². The van der Waals surface area contributed by atoms with E-state index < -0.39 is 6.17 Å². The number of rotatable bonds is 6. The molecule has 1 aliphatic rings. The molecule has 0 radical (unpaired) electrons. The normalized spacial score (nSPS) is 21.0. The van der Waals surface area contributed by atoms with Crippen molar-refractivity contribution in [1.82, 2.24) is 5.32 Å². The molecule has 2 N–H and O–H groups in total. The van der Waals surface area contributed by atoms with E-state index in [-0.39, 0.29) is 5.75 Å². The summed E-state index contributed by atoms with van der Waals surface area (Å²) >= 11 is 0.581. The predicted molar refractivity (Wildman–Crippen MR) is 59.4 cm³/mol. The summed E-state index contributed by atoms with van der Waals surface area (Å²) in [7, 11) is 0. The molecule has 0 spiro atoms. The van der Waals surface area contributed by atoms with Gasteiger partial charge in [0.15, 0.2) is 0 Å². The van der Waals surface area contributed by atoms with Gasteiger partial charge in [-0.1, -0.05) is 19.3 Å². The van der Waals surface area contributed by atoms with Gasteiger partial charge in [-0.25, -0.2) is 4.39 Å². The van der Waals surface area contributed by atoms with E-state index in [4.69, 9.17) is 4.55 Å². The minimum atomic E-state index is -0.923. The van der Waals surface area contributed by atoms with Crippen LogP contribution in [-0.2, 0) is 0 Å². The second-order valence-electron chi connectivity index (χ2n) is 4.06. The molecule has 1 aliphatic carbocycles. The van der Waals surface area contributed by atoms with E-state index in [1.807, 2.05) is 0 Å². The molecule has 1 saturated carbocycles.